The highest BCUT2D eigenvalue weighted by atomic mass is 31.2. The predicted molar refractivity (Wildman–Crippen MR) is 186 cm³/mol. The van der Waals surface area contributed by atoms with Crippen molar-refractivity contribution in [2.45, 2.75) is 94.0 Å². The van der Waals surface area contributed by atoms with Crippen molar-refractivity contribution in [3.05, 3.63) is 83.6 Å². The van der Waals surface area contributed by atoms with E-state index in [2.05, 4.69) is 10.1 Å². The summed E-state index contributed by atoms with van der Waals surface area (Å²) in [6, 6.07) is 18.3. The Balaban J connectivity index is 1.17. The molecule has 244 valence electrons. The van der Waals surface area contributed by atoms with Gasteiger partial charge in [0.2, 0.25) is 5.78 Å². The Morgan fingerprint density at radius 2 is 1.38 bits per heavy atom. The van der Waals surface area contributed by atoms with Crippen LogP contribution in [0.1, 0.15) is 103 Å². The molecule has 3 fully saturated rings. The molecule has 0 radical (unpaired) electrons. The molecule has 3 aliphatic carbocycles. The van der Waals surface area contributed by atoms with Gasteiger partial charge in [-0.05, 0) is 91.5 Å². The maximum absolute atomic E-state index is 14.4. The zero-order valence-corrected chi connectivity index (χ0v) is 27.5. The van der Waals surface area contributed by atoms with Crippen molar-refractivity contribution in [1.29, 1.82) is 0 Å². The number of amides is 1. The smallest absolute Gasteiger partial charge is 0.360 e. The van der Waals surface area contributed by atoms with Gasteiger partial charge in [-0.2, -0.15) is 4.74 Å². The first-order valence-electron chi connectivity index (χ1n) is 17.1. The summed E-state index contributed by atoms with van der Waals surface area (Å²) in [7, 11) is -2.06. The van der Waals surface area contributed by atoms with Gasteiger partial charge >= 0.3 is 6.09 Å². The van der Waals surface area contributed by atoms with Crippen molar-refractivity contribution < 1.29 is 23.6 Å². The monoisotopic (exact) mass is 653 g/mol. The molecule has 0 atom stereocenters. The Hall–Kier alpha value is -3.90. The molecule has 0 aliphatic heterocycles. The number of ketones is 2. The number of aromatic nitrogens is 1. The zero-order valence-electron chi connectivity index (χ0n) is 26.6. The Morgan fingerprint density at radius 3 is 2.02 bits per heavy atom. The number of hydrogen-bond donors (Lipinski definition) is 1. The van der Waals surface area contributed by atoms with Crippen LogP contribution in [0, 0.1) is 0 Å². The van der Waals surface area contributed by atoms with Crippen LogP contribution in [0.4, 0.5) is 9.18 Å². The largest absolute Gasteiger partial charge is 0.458 e. The average molecular weight is 654 g/mol. The van der Waals surface area contributed by atoms with Crippen LogP contribution in [0.15, 0.2) is 76.8 Å². The number of aromatic amines is 1. The van der Waals surface area contributed by atoms with E-state index in [1.807, 2.05) is 36.4 Å². The molecule has 9 heteroatoms. The quantitative estimate of drug-likeness (QED) is 0.0639. The van der Waals surface area contributed by atoms with Crippen LogP contribution < -0.4 is 0 Å². The van der Waals surface area contributed by atoms with Gasteiger partial charge in [-0.15, -0.1) is 0 Å². The first-order chi connectivity index (χ1) is 23.0. The Kier molecular flexibility index (Phi) is 9.22. The summed E-state index contributed by atoms with van der Waals surface area (Å²) < 4.78 is 19.4. The summed E-state index contributed by atoms with van der Waals surface area (Å²) in [5.74, 6) is -0.887. The molecule has 1 amide bonds. The molecule has 7 rings (SSSR count). The van der Waals surface area contributed by atoms with Gasteiger partial charge in [0, 0.05) is 33.8 Å². The second-order valence-electron chi connectivity index (χ2n) is 13.4. The molecule has 3 aromatic carbocycles. The van der Waals surface area contributed by atoms with Crippen molar-refractivity contribution in [3.63, 3.8) is 0 Å². The maximum atomic E-state index is 14.4. The lowest BCUT2D eigenvalue weighted by atomic mass is 9.95. The van der Waals surface area contributed by atoms with Crippen LogP contribution in [0.25, 0.3) is 21.7 Å². The van der Waals surface area contributed by atoms with E-state index in [-0.39, 0.29) is 11.3 Å². The summed E-state index contributed by atoms with van der Waals surface area (Å²) in [5.41, 5.74) is 2.57. The molecule has 3 saturated carbocycles. The molecular weight excluding hydrogens is 612 g/mol. The standard InChI is InChI=1S/C38H41FN3O4P/c39-23-35(41-46-38(45)42-47(27-12-2-3-13-27,28-14-4-5-15-28)29-16-6-7-17-29)37(44)33-24-40-34-21-20-26(22-32(33)34)36(43)31-19-9-11-25-10-1-8-18-30(25)31/h1,8-11,18-22,24,27-29,40H,2-7,12-17,23H2/b41-35-. The summed E-state index contributed by atoms with van der Waals surface area (Å²) in [6.07, 6.45) is 14.4. The first-order valence-corrected chi connectivity index (χ1v) is 19.1. The second-order valence-corrected chi connectivity index (χ2v) is 17.4. The average Bonchev–Trinajstić information content (AvgIpc) is 3.94. The van der Waals surface area contributed by atoms with Crippen molar-refractivity contribution in [3.8, 4) is 0 Å². The number of alkyl halides is 1. The van der Waals surface area contributed by atoms with Gasteiger partial charge in [-0.3, -0.25) is 14.4 Å². The van der Waals surface area contributed by atoms with E-state index in [0.29, 0.717) is 39.0 Å². The minimum absolute atomic E-state index is 0.154. The molecule has 1 aromatic heterocycles. The fourth-order valence-electron chi connectivity index (χ4n) is 8.66. The van der Waals surface area contributed by atoms with E-state index in [1.54, 1.807) is 24.3 Å². The van der Waals surface area contributed by atoms with Crippen molar-refractivity contribution in [2.75, 3.05) is 6.67 Å². The molecule has 0 unspecified atom stereocenters. The van der Waals surface area contributed by atoms with Gasteiger partial charge in [0.05, 0.1) is 0 Å². The summed E-state index contributed by atoms with van der Waals surface area (Å²) >= 11 is 0. The fourth-order valence-corrected chi connectivity index (χ4v) is 14.8. The SMILES string of the molecule is O=C(N=P(C1CCCC1)(C1CCCC1)C1CCCC1)O/N=C(/CF)C(=O)c1c[nH]c2ccc(C(=O)c3cccc4ccccc34)cc12. The minimum atomic E-state index is -2.06. The molecule has 3 aliphatic rings. The van der Waals surface area contributed by atoms with Crippen LogP contribution in [0.3, 0.4) is 0 Å². The summed E-state index contributed by atoms with van der Waals surface area (Å²) in [6.45, 7) is -1.21. The molecule has 0 spiro atoms. The third-order valence-corrected chi connectivity index (χ3v) is 16.4. The van der Waals surface area contributed by atoms with E-state index in [0.717, 1.165) is 49.3 Å². The number of fused-ring (bicyclic) bond motifs is 2. The number of carbonyl (C=O) groups is 3. The third-order valence-electron chi connectivity index (χ3n) is 10.8. The molecular formula is C38H41FN3O4P. The lowest BCUT2D eigenvalue weighted by molar-refractivity contribution is 0.103. The van der Waals surface area contributed by atoms with Crippen molar-refractivity contribution in [1.82, 2.24) is 4.98 Å². The molecule has 7 nitrogen and oxygen atoms in total. The van der Waals surface area contributed by atoms with Crippen LogP contribution in [0.5, 0.6) is 0 Å². The van der Waals surface area contributed by atoms with Gasteiger partial charge < -0.3 is 4.98 Å². The topological polar surface area (TPSA) is 101 Å². The number of Topliss-reactive ketones (excluding diaryl/α,β-unsaturated/α-hetero) is 1. The number of nitrogens with zero attached hydrogens (tertiary/aromatic N) is 2. The highest BCUT2D eigenvalue weighted by Gasteiger charge is 2.47. The number of H-pyrrole nitrogens is 1. The van der Waals surface area contributed by atoms with E-state index < -0.39 is 31.3 Å². The van der Waals surface area contributed by atoms with Crippen molar-refractivity contribution in [2.24, 2.45) is 9.90 Å². The van der Waals surface area contributed by atoms with Gasteiger partial charge in [-0.25, -0.2) is 9.18 Å². The number of oxime groups is 1. The van der Waals surface area contributed by atoms with E-state index in [9.17, 15) is 18.8 Å². The number of rotatable bonds is 9. The Morgan fingerprint density at radius 1 is 0.766 bits per heavy atom. The van der Waals surface area contributed by atoms with Crippen LogP contribution in [-0.2, 0) is 4.84 Å². The maximum Gasteiger partial charge on any atom is 0.458 e. The minimum Gasteiger partial charge on any atom is -0.360 e. The van der Waals surface area contributed by atoms with Gasteiger partial charge in [0.25, 0.3) is 0 Å². The van der Waals surface area contributed by atoms with Crippen LogP contribution >= 0.6 is 7.05 Å². The number of hydrogen-bond acceptors (Lipinski definition) is 5. The van der Waals surface area contributed by atoms with E-state index in [1.165, 1.54) is 44.7 Å². The fraction of sp³-hybridized carbons (Fsp3) is 0.421. The second kappa shape index (κ2) is 13.7. The van der Waals surface area contributed by atoms with E-state index >= 15 is 0 Å². The number of carbonyl (C=O) groups excluding carboxylic acids is 3. The molecule has 0 saturated heterocycles. The molecule has 4 aromatic rings. The van der Waals surface area contributed by atoms with Crippen LogP contribution in [0.2, 0.25) is 0 Å². The Bertz CT molecular complexity index is 1860. The first kappa shape index (κ1) is 31.7. The lowest BCUT2D eigenvalue weighted by Gasteiger charge is -2.40. The summed E-state index contributed by atoms with van der Waals surface area (Å²) in [5, 5.41) is 6.05. The molecule has 1 N–H and O–H groups in total. The van der Waals surface area contributed by atoms with Crippen LogP contribution in [-0.4, -0.2) is 52.0 Å². The number of nitrogens with one attached hydrogen (secondary N) is 1. The molecule has 0 bridgehead atoms. The van der Waals surface area contributed by atoms with Gasteiger partial charge in [-0.1, -0.05) is 86.1 Å². The number of benzene rings is 3. The highest BCUT2D eigenvalue weighted by molar-refractivity contribution is 7.68. The molecule has 47 heavy (non-hydrogen) atoms. The highest BCUT2D eigenvalue weighted by Crippen LogP contribution is 2.72. The third kappa shape index (κ3) is 6.01. The lowest BCUT2D eigenvalue weighted by Crippen LogP contribution is -2.24. The van der Waals surface area contributed by atoms with Gasteiger partial charge in [0.15, 0.2) is 11.5 Å². The molecule has 1 heterocycles. The van der Waals surface area contributed by atoms with E-state index in [4.69, 9.17) is 9.58 Å². The Labute approximate surface area is 274 Å². The van der Waals surface area contributed by atoms with Crippen molar-refractivity contribution >= 4 is 52.1 Å². The number of halogens is 1. The summed E-state index contributed by atoms with van der Waals surface area (Å²) in [4.78, 5) is 49.1. The normalized spacial score (nSPS) is 18.4. The predicted octanol–water partition coefficient (Wildman–Crippen LogP) is 10.2. The van der Waals surface area contributed by atoms with Gasteiger partial charge in [0.1, 0.15) is 6.67 Å². The zero-order chi connectivity index (χ0) is 32.4.